The van der Waals surface area contributed by atoms with Crippen molar-refractivity contribution in [1.82, 2.24) is 14.8 Å². The average Bonchev–Trinajstić information content (AvgIpc) is 3.32. The molecule has 2 aliphatic heterocycles. The minimum absolute atomic E-state index is 0.00213. The molecule has 9 nitrogen and oxygen atoms in total. The number of benzene rings is 1. The Morgan fingerprint density at radius 2 is 2.00 bits per heavy atom. The van der Waals surface area contributed by atoms with Gasteiger partial charge in [-0.05, 0) is 56.2 Å². The van der Waals surface area contributed by atoms with E-state index in [0.29, 0.717) is 68.1 Å². The van der Waals surface area contributed by atoms with E-state index in [0.717, 1.165) is 23.9 Å². The van der Waals surface area contributed by atoms with Crippen LogP contribution in [0.1, 0.15) is 82.1 Å². The molecule has 5 rings (SSSR count). The predicted molar refractivity (Wildman–Crippen MR) is 150 cm³/mol. The fourth-order valence-corrected chi connectivity index (χ4v) is 6.37. The quantitative estimate of drug-likeness (QED) is 0.544. The summed E-state index contributed by atoms with van der Waals surface area (Å²) in [5.74, 6) is 0.700. The Hall–Kier alpha value is -3.20. The summed E-state index contributed by atoms with van der Waals surface area (Å²) in [5, 5.41) is 3.71. The number of nitrogens with zero attached hydrogens (tertiary/aromatic N) is 2. The second-order valence-electron chi connectivity index (χ2n) is 12.1. The third-order valence-corrected chi connectivity index (χ3v) is 8.53. The Labute approximate surface area is 235 Å². The Morgan fingerprint density at radius 1 is 1.20 bits per heavy atom. The lowest BCUT2D eigenvalue weighted by Gasteiger charge is -2.27. The van der Waals surface area contributed by atoms with Crippen LogP contribution < -0.4 is 10.1 Å². The number of ketones is 2. The van der Waals surface area contributed by atoms with Crippen LogP contribution in [-0.4, -0.2) is 64.8 Å². The Morgan fingerprint density at radius 3 is 2.73 bits per heavy atom. The molecule has 9 heteroatoms. The van der Waals surface area contributed by atoms with Crippen molar-refractivity contribution < 1.29 is 28.7 Å². The molecule has 2 fully saturated rings. The van der Waals surface area contributed by atoms with Crippen molar-refractivity contribution in [3.63, 3.8) is 0 Å². The smallest absolute Gasteiger partial charge is 0.243 e. The van der Waals surface area contributed by atoms with Crippen LogP contribution >= 0.6 is 0 Å². The molecule has 2 amide bonds. The second-order valence-corrected chi connectivity index (χ2v) is 12.1. The minimum Gasteiger partial charge on any atom is -0.493 e. The first-order valence-corrected chi connectivity index (χ1v) is 14.6. The van der Waals surface area contributed by atoms with Crippen LogP contribution in [0.3, 0.4) is 0 Å². The van der Waals surface area contributed by atoms with Gasteiger partial charge >= 0.3 is 0 Å². The molecule has 2 bridgehead atoms. The third-order valence-electron chi connectivity index (χ3n) is 8.53. The molecule has 40 heavy (non-hydrogen) atoms. The van der Waals surface area contributed by atoms with Gasteiger partial charge in [-0.15, -0.1) is 0 Å². The van der Waals surface area contributed by atoms with E-state index in [-0.39, 0.29) is 47.9 Å². The predicted octanol–water partition coefficient (Wildman–Crippen LogP) is 4.03. The molecule has 1 aromatic carbocycles. The normalized spacial score (nSPS) is 25.5. The van der Waals surface area contributed by atoms with E-state index in [1.807, 2.05) is 23.6 Å². The van der Waals surface area contributed by atoms with Gasteiger partial charge in [0.2, 0.25) is 11.8 Å². The molecule has 0 radical (unpaired) electrons. The van der Waals surface area contributed by atoms with E-state index in [9.17, 15) is 19.2 Å². The van der Waals surface area contributed by atoms with Gasteiger partial charge in [-0.25, -0.2) is 0 Å². The molecule has 3 atom stereocenters. The number of aromatic nitrogens is 1. The summed E-state index contributed by atoms with van der Waals surface area (Å²) in [7, 11) is 0. The number of piperidine rings is 1. The van der Waals surface area contributed by atoms with E-state index in [1.165, 1.54) is 6.92 Å². The van der Waals surface area contributed by atoms with Gasteiger partial charge in [0.05, 0.1) is 24.8 Å². The molecule has 1 aromatic heterocycles. The molecule has 1 N–H and O–H groups in total. The molecule has 2 aromatic rings. The van der Waals surface area contributed by atoms with Gasteiger partial charge in [-0.1, -0.05) is 20.8 Å². The maximum Gasteiger partial charge on any atom is 0.243 e. The summed E-state index contributed by atoms with van der Waals surface area (Å²) >= 11 is 0. The van der Waals surface area contributed by atoms with Crippen LogP contribution in [0.5, 0.6) is 5.75 Å². The Balaban J connectivity index is 1.57. The van der Waals surface area contributed by atoms with Crippen LogP contribution in [0.2, 0.25) is 0 Å². The van der Waals surface area contributed by atoms with Crippen LogP contribution in [0, 0.1) is 11.3 Å². The molecule has 1 aliphatic carbocycles. The highest BCUT2D eigenvalue weighted by Gasteiger charge is 2.66. The number of hydrogen-bond donors (Lipinski definition) is 1. The van der Waals surface area contributed by atoms with E-state index >= 15 is 0 Å². The molecule has 1 saturated heterocycles. The standard InChI is InChI=1S/C31H41N3O6/c1-5-26(36)25-12-31-13-27(31)34(25)29(38)16-33-15-24(20(4)35)23-11-22(40-17-19(2)3)10-21(30(23)33)14-32-28(37)8-6-7-9-39-18-31/h10-11,15,19,25,27H,5-9,12-14,16-18H2,1-4H3,(H,32,37)/t25-,27+,31-/m0/s1. The first-order valence-electron chi connectivity index (χ1n) is 14.6. The van der Waals surface area contributed by atoms with Gasteiger partial charge in [0.15, 0.2) is 11.6 Å². The first kappa shape index (κ1) is 28.3. The maximum absolute atomic E-state index is 13.9. The summed E-state index contributed by atoms with van der Waals surface area (Å²) in [6.45, 7) is 9.31. The topological polar surface area (TPSA) is 107 Å². The lowest BCUT2D eigenvalue weighted by atomic mass is 9.97. The first-order chi connectivity index (χ1) is 19.1. The molecule has 1 saturated carbocycles. The van der Waals surface area contributed by atoms with Crippen molar-refractivity contribution in [3.05, 3.63) is 29.5 Å². The van der Waals surface area contributed by atoms with Crippen LogP contribution in [0.15, 0.2) is 18.3 Å². The van der Waals surface area contributed by atoms with Gasteiger partial charge in [0.25, 0.3) is 0 Å². The van der Waals surface area contributed by atoms with Gasteiger partial charge in [-0.3, -0.25) is 19.2 Å². The second kappa shape index (κ2) is 11.4. The van der Waals surface area contributed by atoms with E-state index in [1.54, 1.807) is 11.1 Å². The summed E-state index contributed by atoms with van der Waals surface area (Å²) in [6, 6.07) is 3.29. The third kappa shape index (κ3) is 5.53. The van der Waals surface area contributed by atoms with Crippen molar-refractivity contribution in [2.24, 2.45) is 11.3 Å². The average molecular weight is 552 g/mol. The number of rotatable bonds is 6. The number of carbonyl (C=O) groups excluding carboxylic acids is 4. The van der Waals surface area contributed by atoms with Gasteiger partial charge in [-0.2, -0.15) is 0 Å². The van der Waals surface area contributed by atoms with Gasteiger partial charge in [0.1, 0.15) is 12.3 Å². The zero-order valence-electron chi connectivity index (χ0n) is 24.1. The number of Topliss-reactive ketones (excluding diaryl/α,β-unsaturated/α-hetero) is 2. The van der Waals surface area contributed by atoms with Crippen molar-refractivity contribution in [2.75, 3.05) is 19.8 Å². The monoisotopic (exact) mass is 551 g/mol. The van der Waals surface area contributed by atoms with Gasteiger partial charge in [0, 0.05) is 54.6 Å². The zero-order valence-corrected chi connectivity index (χ0v) is 24.1. The van der Waals surface area contributed by atoms with Crippen LogP contribution in [-0.2, 0) is 32.2 Å². The maximum atomic E-state index is 13.9. The van der Waals surface area contributed by atoms with E-state index < -0.39 is 6.04 Å². The molecular weight excluding hydrogens is 510 g/mol. The van der Waals surface area contributed by atoms with Crippen molar-refractivity contribution in [2.45, 2.75) is 91.4 Å². The SMILES string of the molecule is CCC(=O)[C@@H]1C[C@]23COCCCCC(=O)NCc4cc(OCC(C)C)cc5c(C(C)=O)cn(c45)CC(=O)N1[C@@H]2C3. The molecule has 0 unspecified atom stereocenters. The van der Waals surface area contributed by atoms with E-state index in [4.69, 9.17) is 9.47 Å². The Kier molecular flexibility index (Phi) is 8.04. The number of hydrogen-bond acceptors (Lipinski definition) is 6. The lowest BCUT2D eigenvalue weighted by Crippen LogP contribution is -2.44. The zero-order chi connectivity index (χ0) is 28.6. The molecular formula is C31H41N3O6. The van der Waals surface area contributed by atoms with Crippen molar-refractivity contribution >= 4 is 34.3 Å². The Bertz CT molecular complexity index is 1330. The summed E-state index contributed by atoms with van der Waals surface area (Å²) in [5.41, 5.74) is 1.83. The number of carbonyl (C=O) groups is 4. The van der Waals surface area contributed by atoms with Gasteiger partial charge < -0.3 is 24.3 Å². The summed E-state index contributed by atoms with van der Waals surface area (Å²) < 4.78 is 13.9. The highest BCUT2D eigenvalue weighted by atomic mass is 16.5. The molecule has 3 aliphatic rings. The van der Waals surface area contributed by atoms with Crippen LogP contribution in [0.25, 0.3) is 10.9 Å². The van der Waals surface area contributed by atoms with Crippen LogP contribution in [0.4, 0.5) is 0 Å². The summed E-state index contributed by atoms with van der Waals surface area (Å²) in [4.78, 5) is 54.1. The summed E-state index contributed by atoms with van der Waals surface area (Å²) in [6.07, 6.45) is 5.44. The fraction of sp³-hybridized carbons (Fsp3) is 0.613. The molecule has 216 valence electrons. The highest BCUT2D eigenvalue weighted by molar-refractivity contribution is 6.08. The van der Waals surface area contributed by atoms with Crippen molar-refractivity contribution in [3.8, 4) is 5.75 Å². The largest absolute Gasteiger partial charge is 0.493 e. The fourth-order valence-electron chi connectivity index (χ4n) is 6.37. The highest BCUT2D eigenvalue weighted by Crippen LogP contribution is 2.60. The van der Waals surface area contributed by atoms with E-state index in [2.05, 4.69) is 19.2 Å². The number of amides is 2. The van der Waals surface area contributed by atoms with Crippen molar-refractivity contribution in [1.29, 1.82) is 0 Å². The number of ether oxygens (including phenoxy) is 2. The lowest BCUT2D eigenvalue weighted by molar-refractivity contribution is -0.139. The minimum atomic E-state index is -0.442. The molecule has 3 heterocycles. The molecule has 0 spiro atoms. The number of nitrogens with one attached hydrogen (secondary N) is 1.